The van der Waals surface area contributed by atoms with Crippen LogP contribution in [0.3, 0.4) is 0 Å². The molecule has 2 aromatic carbocycles. The van der Waals surface area contributed by atoms with Gasteiger partial charge in [-0.2, -0.15) is 0 Å². The lowest BCUT2D eigenvalue weighted by molar-refractivity contribution is 0.208. The zero-order valence-electron chi connectivity index (χ0n) is 20.3. The Balaban J connectivity index is 1.97. The number of benzene rings is 2. The molecule has 0 radical (unpaired) electrons. The Morgan fingerprint density at radius 2 is 1.56 bits per heavy atom. The Labute approximate surface area is 193 Å². The van der Waals surface area contributed by atoms with Crippen LogP contribution in [0.25, 0.3) is 0 Å². The molecule has 0 bridgehead atoms. The average molecular weight is 447 g/mol. The zero-order valence-corrected chi connectivity index (χ0v) is 20.3. The van der Waals surface area contributed by atoms with Crippen LogP contribution in [0.4, 0.5) is 10.1 Å². The predicted octanol–water partition coefficient (Wildman–Crippen LogP) is 5.76. The van der Waals surface area contributed by atoms with Crippen molar-refractivity contribution in [3.8, 4) is 17.2 Å². The van der Waals surface area contributed by atoms with Gasteiger partial charge in [0.1, 0.15) is 6.61 Å². The molecule has 32 heavy (non-hydrogen) atoms. The molecule has 0 aromatic heterocycles. The Bertz CT molecular complexity index is 816. The van der Waals surface area contributed by atoms with Gasteiger partial charge >= 0.3 is 0 Å². The smallest absolute Gasteiger partial charge is 0.165 e. The van der Waals surface area contributed by atoms with Gasteiger partial charge in [0.2, 0.25) is 0 Å². The Hall–Kier alpha value is -2.47. The second-order valence-electron chi connectivity index (χ2n) is 7.81. The molecule has 6 heteroatoms. The maximum atomic E-state index is 14.7. The molecule has 2 rings (SSSR count). The first-order valence-corrected chi connectivity index (χ1v) is 11.7. The van der Waals surface area contributed by atoms with Crippen LogP contribution in [0.5, 0.6) is 17.2 Å². The van der Waals surface area contributed by atoms with E-state index < -0.39 is 0 Å². The van der Waals surface area contributed by atoms with E-state index in [9.17, 15) is 4.39 Å². The van der Waals surface area contributed by atoms with E-state index in [1.54, 1.807) is 26.4 Å². The molecule has 0 unspecified atom stereocenters. The summed E-state index contributed by atoms with van der Waals surface area (Å²) >= 11 is 0. The van der Waals surface area contributed by atoms with Gasteiger partial charge in [0, 0.05) is 31.4 Å². The molecule has 178 valence electrons. The van der Waals surface area contributed by atoms with E-state index in [0.29, 0.717) is 30.4 Å². The van der Waals surface area contributed by atoms with Crippen molar-refractivity contribution >= 4 is 5.69 Å². The van der Waals surface area contributed by atoms with Gasteiger partial charge in [-0.3, -0.25) is 0 Å². The van der Waals surface area contributed by atoms with Gasteiger partial charge in [0.15, 0.2) is 23.1 Å². The van der Waals surface area contributed by atoms with Crippen molar-refractivity contribution in [1.82, 2.24) is 4.90 Å². The molecule has 0 atom stereocenters. The minimum Gasteiger partial charge on any atom is -0.493 e. The highest BCUT2D eigenvalue weighted by molar-refractivity contribution is 5.56. The number of halogens is 1. The van der Waals surface area contributed by atoms with Crippen molar-refractivity contribution in [2.24, 2.45) is 0 Å². The first-order chi connectivity index (χ1) is 15.6. The Morgan fingerprint density at radius 3 is 2.19 bits per heavy atom. The molecular weight excluding hydrogens is 407 g/mol. The summed E-state index contributed by atoms with van der Waals surface area (Å²) in [6, 6.07) is 11.0. The van der Waals surface area contributed by atoms with Crippen LogP contribution < -0.4 is 19.1 Å². The summed E-state index contributed by atoms with van der Waals surface area (Å²) in [6.07, 6.45) is 3.65. The van der Waals surface area contributed by atoms with Crippen LogP contribution in [0.2, 0.25) is 0 Å². The zero-order chi connectivity index (χ0) is 23.3. The number of hydrogen-bond acceptors (Lipinski definition) is 5. The molecule has 0 saturated carbocycles. The molecule has 0 N–H and O–H groups in total. The van der Waals surface area contributed by atoms with E-state index in [1.165, 1.54) is 19.3 Å². The number of likely N-dealkylation sites (N-methyl/N-ethyl adjacent to an activating group) is 1. The van der Waals surface area contributed by atoms with Crippen LogP contribution in [-0.4, -0.2) is 51.9 Å². The predicted molar refractivity (Wildman–Crippen MR) is 130 cm³/mol. The number of anilines is 1. The third kappa shape index (κ3) is 7.59. The van der Waals surface area contributed by atoms with Crippen molar-refractivity contribution in [2.45, 2.75) is 46.6 Å². The largest absolute Gasteiger partial charge is 0.493 e. The van der Waals surface area contributed by atoms with Crippen LogP contribution in [0.1, 0.15) is 45.6 Å². The summed E-state index contributed by atoms with van der Waals surface area (Å²) in [5.74, 6) is 1.36. The molecule has 0 amide bonds. The van der Waals surface area contributed by atoms with Gasteiger partial charge in [-0.05, 0) is 56.3 Å². The first-order valence-electron chi connectivity index (χ1n) is 11.7. The third-order valence-corrected chi connectivity index (χ3v) is 5.67. The number of ether oxygens (including phenoxy) is 3. The molecular formula is C26H39FN2O3. The summed E-state index contributed by atoms with van der Waals surface area (Å²) in [5, 5.41) is 0. The molecule has 0 aliphatic heterocycles. The number of nitrogens with zero attached hydrogens (tertiary/aromatic N) is 2. The van der Waals surface area contributed by atoms with Crippen LogP contribution in [0, 0.1) is 5.82 Å². The van der Waals surface area contributed by atoms with Crippen molar-refractivity contribution in [1.29, 1.82) is 0 Å². The number of rotatable bonds is 15. The number of unbranched alkanes of at least 4 members (excludes halogenated alkanes) is 2. The number of methoxy groups -OCH3 is 2. The van der Waals surface area contributed by atoms with Crippen molar-refractivity contribution in [2.75, 3.05) is 51.9 Å². The summed E-state index contributed by atoms with van der Waals surface area (Å²) in [7, 11) is 3.24. The van der Waals surface area contributed by atoms with Gasteiger partial charge in [-0.25, -0.2) is 4.39 Å². The van der Waals surface area contributed by atoms with Gasteiger partial charge in [0.05, 0.1) is 14.2 Å². The fraction of sp³-hybridized carbons (Fsp3) is 0.538. The van der Waals surface area contributed by atoms with E-state index in [0.717, 1.165) is 37.4 Å². The van der Waals surface area contributed by atoms with E-state index in [4.69, 9.17) is 14.2 Å². The van der Waals surface area contributed by atoms with Crippen molar-refractivity contribution in [3.05, 3.63) is 47.8 Å². The molecule has 0 aliphatic carbocycles. The summed E-state index contributed by atoms with van der Waals surface area (Å²) in [6.45, 7) is 11.1. The van der Waals surface area contributed by atoms with E-state index >= 15 is 0 Å². The summed E-state index contributed by atoms with van der Waals surface area (Å²) in [4.78, 5) is 4.51. The molecule has 0 fully saturated rings. The molecule has 0 heterocycles. The lowest BCUT2D eigenvalue weighted by atomic mass is 10.1. The van der Waals surface area contributed by atoms with E-state index in [-0.39, 0.29) is 5.82 Å². The highest BCUT2D eigenvalue weighted by Gasteiger charge is 2.12. The lowest BCUT2D eigenvalue weighted by Gasteiger charge is -2.24. The molecule has 0 saturated heterocycles. The van der Waals surface area contributed by atoms with Gasteiger partial charge in [-0.15, -0.1) is 0 Å². The summed E-state index contributed by atoms with van der Waals surface area (Å²) < 4.78 is 31.2. The molecule has 2 aromatic rings. The maximum absolute atomic E-state index is 14.7. The standard InChI is InChI=1S/C26H39FN2O3/c1-6-9-10-15-28(7-2)16-17-32-24-13-11-21(18-23(24)27)20-29(8-3)22-12-14-25(30-4)26(19-22)31-5/h11-14,18-19H,6-10,15-17,20H2,1-5H3. The highest BCUT2D eigenvalue weighted by Crippen LogP contribution is 2.32. The van der Waals surface area contributed by atoms with Gasteiger partial charge in [-0.1, -0.05) is 32.8 Å². The highest BCUT2D eigenvalue weighted by atomic mass is 19.1. The third-order valence-electron chi connectivity index (χ3n) is 5.67. The van der Waals surface area contributed by atoms with Crippen molar-refractivity contribution in [3.63, 3.8) is 0 Å². The quantitative estimate of drug-likeness (QED) is 0.325. The Morgan fingerprint density at radius 1 is 0.812 bits per heavy atom. The van der Waals surface area contributed by atoms with Gasteiger partial charge in [0.25, 0.3) is 0 Å². The first kappa shape index (κ1) is 25.8. The number of hydrogen-bond donors (Lipinski definition) is 0. The fourth-order valence-electron chi connectivity index (χ4n) is 3.69. The second kappa shape index (κ2) is 13.8. The molecule has 0 spiro atoms. The molecule has 5 nitrogen and oxygen atoms in total. The van der Waals surface area contributed by atoms with Crippen LogP contribution in [0.15, 0.2) is 36.4 Å². The van der Waals surface area contributed by atoms with Crippen LogP contribution in [-0.2, 0) is 6.54 Å². The topological polar surface area (TPSA) is 34.2 Å². The normalized spacial score (nSPS) is 11.0. The average Bonchev–Trinajstić information content (AvgIpc) is 2.82. The van der Waals surface area contributed by atoms with Crippen molar-refractivity contribution < 1.29 is 18.6 Å². The monoisotopic (exact) mass is 446 g/mol. The fourth-order valence-corrected chi connectivity index (χ4v) is 3.69. The minimum absolute atomic E-state index is 0.313. The Kier molecular flexibility index (Phi) is 11.2. The minimum atomic E-state index is -0.320. The molecule has 0 aliphatic rings. The maximum Gasteiger partial charge on any atom is 0.165 e. The van der Waals surface area contributed by atoms with E-state index in [1.807, 2.05) is 24.3 Å². The summed E-state index contributed by atoms with van der Waals surface area (Å²) in [5.41, 5.74) is 1.88. The second-order valence-corrected chi connectivity index (χ2v) is 7.81. The SMILES string of the molecule is CCCCCN(CC)CCOc1ccc(CN(CC)c2ccc(OC)c(OC)c2)cc1F. The lowest BCUT2D eigenvalue weighted by Crippen LogP contribution is -2.29. The van der Waals surface area contributed by atoms with E-state index in [2.05, 4.69) is 30.6 Å². The van der Waals surface area contributed by atoms with Crippen LogP contribution >= 0.6 is 0 Å². The van der Waals surface area contributed by atoms with Gasteiger partial charge < -0.3 is 24.0 Å².